The summed E-state index contributed by atoms with van der Waals surface area (Å²) in [5.41, 5.74) is -0.383. The number of nitrogens with zero attached hydrogens (tertiary/aromatic N) is 3. The second kappa shape index (κ2) is 9.66. The zero-order valence-corrected chi connectivity index (χ0v) is 18.9. The minimum atomic E-state index is -1.33. The Hall–Kier alpha value is -2.69. The number of carboxylic acids is 1. The van der Waals surface area contributed by atoms with Crippen LogP contribution >= 0.6 is 0 Å². The van der Waals surface area contributed by atoms with E-state index in [1.807, 2.05) is 11.8 Å². The molecule has 0 spiro atoms. The number of aromatic nitrogens is 1. The molecule has 0 bridgehead atoms. The first-order valence-electron chi connectivity index (χ1n) is 11.3. The summed E-state index contributed by atoms with van der Waals surface area (Å²) >= 11 is 0. The molecule has 2 aliphatic rings. The molecule has 10 heteroatoms. The maximum atomic E-state index is 15.4. The number of fused-ring (bicyclic) bond motifs is 1. The highest BCUT2D eigenvalue weighted by Gasteiger charge is 2.32. The van der Waals surface area contributed by atoms with Gasteiger partial charge in [0.2, 0.25) is 5.43 Å². The SMILES string of the molecule is CCOCC(O)CN1CCN(c2c(F)cc3c(=O)c(C(=O)O)cn(C4CC4)c3c2OC)CC1. The highest BCUT2D eigenvalue weighted by Crippen LogP contribution is 2.43. The number of piperazine rings is 1. The van der Waals surface area contributed by atoms with Crippen LogP contribution in [0.3, 0.4) is 0 Å². The van der Waals surface area contributed by atoms with Crippen LogP contribution in [0.2, 0.25) is 0 Å². The predicted octanol–water partition coefficient (Wildman–Crippen LogP) is 1.70. The lowest BCUT2D eigenvalue weighted by molar-refractivity contribution is 0.0202. The van der Waals surface area contributed by atoms with Crippen LogP contribution in [0, 0.1) is 5.82 Å². The third-order valence-corrected chi connectivity index (χ3v) is 6.24. The highest BCUT2D eigenvalue weighted by molar-refractivity contribution is 5.97. The fraction of sp³-hybridized carbons (Fsp3) is 0.565. The van der Waals surface area contributed by atoms with E-state index in [-0.39, 0.29) is 35.0 Å². The Balaban J connectivity index is 1.67. The van der Waals surface area contributed by atoms with Crippen molar-refractivity contribution < 1.29 is 28.9 Å². The minimum absolute atomic E-state index is 0.0117. The molecular weight excluding hydrogens is 433 g/mol. The molecule has 1 aliphatic heterocycles. The van der Waals surface area contributed by atoms with E-state index in [1.165, 1.54) is 13.3 Å². The first kappa shape index (κ1) is 23.5. The molecular formula is C23H30FN3O6. The van der Waals surface area contributed by atoms with Crippen molar-refractivity contribution >= 4 is 22.6 Å². The van der Waals surface area contributed by atoms with E-state index in [0.29, 0.717) is 44.8 Å². The van der Waals surface area contributed by atoms with Crippen molar-refractivity contribution in [3.63, 3.8) is 0 Å². The van der Waals surface area contributed by atoms with Gasteiger partial charge in [-0.3, -0.25) is 9.69 Å². The number of methoxy groups -OCH3 is 1. The van der Waals surface area contributed by atoms with Gasteiger partial charge < -0.3 is 29.2 Å². The molecule has 2 fully saturated rings. The zero-order valence-electron chi connectivity index (χ0n) is 18.9. The number of β-amino-alcohol motifs (C(OH)–C–C–N with tert-alkyl or cyclic N) is 1. The van der Waals surface area contributed by atoms with Gasteiger partial charge in [0.25, 0.3) is 0 Å². The standard InChI is InChI=1S/C23H30FN3O6/c1-3-33-13-15(28)11-25-6-8-26(9-7-25)20-18(24)10-16-19(22(20)32-2)27(14-4-5-14)12-17(21(16)29)23(30)31/h10,12,14-15,28H,3-9,11,13H2,1-2H3,(H,30,31). The Morgan fingerprint density at radius 2 is 1.97 bits per heavy atom. The van der Waals surface area contributed by atoms with Gasteiger partial charge in [0.05, 0.1) is 30.7 Å². The number of rotatable bonds is 9. The van der Waals surface area contributed by atoms with Crippen LogP contribution in [0.4, 0.5) is 10.1 Å². The van der Waals surface area contributed by atoms with Gasteiger partial charge in [0, 0.05) is 51.6 Å². The third-order valence-electron chi connectivity index (χ3n) is 6.24. The van der Waals surface area contributed by atoms with Gasteiger partial charge in [-0.25, -0.2) is 9.18 Å². The molecule has 1 unspecified atom stereocenters. The number of aliphatic hydroxyl groups excluding tert-OH is 1. The second-order valence-electron chi connectivity index (χ2n) is 8.55. The summed E-state index contributed by atoms with van der Waals surface area (Å²) < 4.78 is 28.0. The van der Waals surface area contributed by atoms with Crippen molar-refractivity contribution in [1.29, 1.82) is 0 Å². The van der Waals surface area contributed by atoms with Gasteiger partial charge in [-0.1, -0.05) is 0 Å². The van der Waals surface area contributed by atoms with E-state index in [4.69, 9.17) is 9.47 Å². The van der Waals surface area contributed by atoms with Crippen LogP contribution in [-0.4, -0.2) is 84.8 Å². The molecule has 4 rings (SSSR count). The van der Waals surface area contributed by atoms with Crippen molar-refractivity contribution in [3.05, 3.63) is 33.9 Å². The van der Waals surface area contributed by atoms with Crippen molar-refractivity contribution in [2.24, 2.45) is 0 Å². The smallest absolute Gasteiger partial charge is 0.341 e. The fourth-order valence-electron chi connectivity index (χ4n) is 4.48. The number of carbonyl (C=O) groups is 1. The van der Waals surface area contributed by atoms with Crippen molar-refractivity contribution in [2.45, 2.75) is 31.9 Å². The number of benzene rings is 1. The van der Waals surface area contributed by atoms with Gasteiger partial charge in [0.15, 0.2) is 11.6 Å². The molecule has 9 nitrogen and oxygen atoms in total. The second-order valence-corrected chi connectivity index (χ2v) is 8.55. The van der Waals surface area contributed by atoms with Crippen LogP contribution in [0.15, 0.2) is 17.1 Å². The predicted molar refractivity (Wildman–Crippen MR) is 121 cm³/mol. The number of aliphatic hydroxyl groups is 1. The van der Waals surface area contributed by atoms with Crippen LogP contribution in [0.5, 0.6) is 5.75 Å². The average molecular weight is 464 g/mol. The van der Waals surface area contributed by atoms with E-state index in [0.717, 1.165) is 18.9 Å². The zero-order chi connectivity index (χ0) is 23.7. The molecule has 0 radical (unpaired) electrons. The Morgan fingerprint density at radius 3 is 2.55 bits per heavy atom. The summed E-state index contributed by atoms with van der Waals surface area (Å²) in [5.74, 6) is -1.70. The van der Waals surface area contributed by atoms with Gasteiger partial charge >= 0.3 is 5.97 Å². The van der Waals surface area contributed by atoms with Crippen LogP contribution in [0.25, 0.3) is 10.9 Å². The summed E-state index contributed by atoms with van der Waals surface area (Å²) in [6.45, 7) is 5.45. The Labute approximate surface area is 190 Å². The van der Waals surface area contributed by atoms with Gasteiger partial charge in [0.1, 0.15) is 11.3 Å². The van der Waals surface area contributed by atoms with E-state index >= 15 is 4.39 Å². The van der Waals surface area contributed by atoms with Crippen molar-refractivity contribution in [2.75, 3.05) is 57.9 Å². The number of halogens is 1. The maximum Gasteiger partial charge on any atom is 0.341 e. The summed E-state index contributed by atoms with van der Waals surface area (Å²) in [7, 11) is 1.44. The quantitative estimate of drug-likeness (QED) is 0.579. The van der Waals surface area contributed by atoms with E-state index in [9.17, 15) is 19.8 Å². The molecule has 1 aromatic heterocycles. The highest BCUT2D eigenvalue weighted by atomic mass is 19.1. The van der Waals surface area contributed by atoms with E-state index < -0.39 is 23.3 Å². The average Bonchev–Trinajstić information content (AvgIpc) is 3.63. The molecule has 0 amide bonds. The number of hydrogen-bond acceptors (Lipinski definition) is 7. The fourth-order valence-corrected chi connectivity index (χ4v) is 4.48. The first-order valence-corrected chi connectivity index (χ1v) is 11.3. The summed E-state index contributed by atoms with van der Waals surface area (Å²) in [6.07, 6.45) is 2.48. The minimum Gasteiger partial charge on any atom is -0.492 e. The molecule has 2 N–H and O–H groups in total. The third kappa shape index (κ3) is 4.68. The maximum absolute atomic E-state index is 15.4. The topological polar surface area (TPSA) is 104 Å². The largest absolute Gasteiger partial charge is 0.492 e. The number of carboxylic acid groups (broad SMARTS) is 1. The van der Waals surface area contributed by atoms with Gasteiger partial charge in [-0.05, 0) is 25.8 Å². The van der Waals surface area contributed by atoms with E-state index in [1.54, 1.807) is 4.57 Å². The lowest BCUT2D eigenvalue weighted by atomic mass is 10.1. The summed E-state index contributed by atoms with van der Waals surface area (Å²) in [5, 5.41) is 19.6. The van der Waals surface area contributed by atoms with Crippen molar-refractivity contribution in [3.8, 4) is 5.75 Å². The molecule has 1 aliphatic carbocycles. The number of hydrogen-bond donors (Lipinski definition) is 2. The van der Waals surface area contributed by atoms with Crippen molar-refractivity contribution in [1.82, 2.24) is 9.47 Å². The molecule has 1 aromatic carbocycles. The molecule has 180 valence electrons. The lowest BCUT2D eigenvalue weighted by Gasteiger charge is -2.37. The molecule has 33 heavy (non-hydrogen) atoms. The summed E-state index contributed by atoms with van der Waals surface area (Å²) in [6, 6.07) is 1.20. The summed E-state index contributed by atoms with van der Waals surface area (Å²) in [4.78, 5) is 28.4. The molecule has 1 atom stereocenters. The van der Waals surface area contributed by atoms with Gasteiger partial charge in [-0.2, -0.15) is 0 Å². The first-order chi connectivity index (χ1) is 15.8. The van der Waals surface area contributed by atoms with E-state index in [2.05, 4.69) is 4.90 Å². The number of ether oxygens (including phenoxy) is 2. The number of aromatic carboxylic acids is 1. The number of pyridine rings is 1. The molecule has 1 saturated heterocycles. The Kier molecular flexibility index (Phi) is 6.87. The van der Waals surface area contributed by atoms with Gasteiger partial charge in [-0.15, -0.1) is 0 Å². The molecule has 1 saturated carbocycles. The monoisotopic (exact) mass is 463 g/mol. The van der Waals surface area contributed by atoms with Crippen LogP contribution < -0.4 is 15.1 Å². The van der Waals surface area contributed by atoms with Crippen LogP contribution in [0.1, 0.15) is 36.2 Å². The normalized spacial score (nSPS) is 18.0. The van der Waals surface area contributed by atoms with Crippen LogP contribution in [-0.2, 0) is 4.74 Å². The molecule has 2 heterocycles. The molecule has 2 aromatic rings. The Bertz CT molecular complexity index is 1090. The lowest BCUT2D eigenvalue weighted by Crippen LogP contribution is -2.49. The Morgan fingerprint density at radius 1 is 1.27 bits per heavy atom. The number of anilines is 1.